The number of aromatic amines is 1. The number of H-pyrrole nitrogens is 1. The molecule has 0 saturated carbocycles. The minimum absolute atomic E-state index is 0.0583. The van der Waals surface area contributed by atoms with Crippen molar-refractivity contribution in [2.45, 2.75) is 25.8 Å². The molecule has 4 rings (SSSR count). The minimum Gasteiger partial charge on any atom is -0.354 e. The summed E-state index contributed by atoms with van der Waals surface area (Å²) in [6, 6.07) is 14.4. The molecular formula is C19H19N3O. The summed E-state index contributed by atoms with van der Waals surface area (Å²) in [7, 11) is 0. The summed E-state index contributed by atoms with van der Waals surface area (Å²) in [6.07, 6.45) is 1.96. The lowest BCUT2D eigenvalue weighted by Gasteiger charge is -2.20. The monoisotopic (exact) mass is 305 g/mol. The van der Waals surface area contributed by atoms with Gasteiger partial charge in [-0.25, -0.2) is 0 Å². The Balaban J connectivity index is 1.82. The van der Waals surface area contributed by atoms with Crippen LogP contribution in [0.3, 0.4) is 0 Å². The van der Waals surface area contributed by atoms with Gasteiger partial charge in [-0.05, 0) is 47.7 Å². The normalized spacial score (nSPS) is 16.5. The maximum atomic E-state index is 11.1. The molecule has 1 amide bonds. The smallest absolute Gasteiger partial charge is 0.221 e. The molecule has 0 radical (unpaired) electrons. The van der Waals surface area contributed by atoms with Crippen LogP contribution in [0.4, 0.5) is 5.69 Å². The van der Waals surface area contributed by atoms with Crippen LogP contribution in [0.2, 0.25) is 0 Å². The summed E-state index contributed by atoms with van der Waals surface area (Å²) < 4.78 is 0. The first kappa shape index (κ1) is 14.0. The van der Waals surface area contributed by atoms with Crippen molar-refractivity contribution in [3.63, 3.8) is 0 Å². The third-order valence-corrected chi connectivity index (χ3v) is 4.56. The maximum Gasteiger partial charge on any atom is 0.221 e. The van der Waals surface area contributed by atoms with Gasteiger partial charge in [0.25, 0.3) is 0 Å². The number of hydrogen-bond donors (Lipinski definition) is 3. The van der Waals surface area contributed by atoms with E-state index in [1.54, 1.807) is 0 Å². The zero-order valence-electron chi connectivity index (χ0n) is 13.0. The van der Waals surface area contributed by atoms with Gasteiger partial charge in [0.2, 0.25) is 5.91 Å². The van der Waals surface area contributed by atoms with E-state index in [0.29, 0.717) is 0 Å². The van der Waals surface area contributed by atoms with Crippen LogP contribution in [-0.2, 0) is 11.2 Å². The van der Waals surface area contributed by atoms with Gasteiger partial charge in [0.15, 0.2) is 0 Å². The Morgan fingerprint density at radius 2 is 2.00 bits per heavy atom. The van der Waals surface area contributed by atoms with Gasteiger partial charge >= 0.3 is 0 Å². The molecule has 116 valence electrons. The minimum atomic E-state index is -0.0583. The molecular weight excluding hydrogens is 286 g/mol. The van der Waals surface area contributed by atoms with E-state index in [2.05, 4.69) is 28.5 Å². The van der Waals surface area contributed by atoms with Crippen molar-refractivity contribution in [2.75, 3.05) is 5.32 Å². The number of rotatable bonds is 2. The molecule has 1 aromatic heterocycles. The molecule has 0 bridgehead atoms. The highest BCUT2D eigenvalue weighted by Gasteiger charge is 2.23. The molecule has 1 unspecified atom stereocenters. The molecule has 0 aliphatic heterocycles. The topological polar surface area (TPSA) is 70.9 Å². The highest BCUT2D eigenvalue weighted by molar-refractivity contribution is 5.95. The highest BCUT2D eigenvalue weighted by atomic mass is 16.1. The molecule has 2 aromatic carbocycles. The third kappa shape index (κ3) is 2.32. The number of carbonyl (C=O) groups excluding carboxylic acids is 1. The summed E-state index contributed by atoms with van der Waals surface area (Å²) in [5, 5.41) is 4.08. The number of nitrogens with two attached hydrogens (primary N) is 1. The number of nitrogens with one attached hydrogen (secondary N) is 2. The lowest BCUT2D eigenvalue weighted by Crippen LogP contribution is -2.15. The molecule has 23 heavy (non-hydrogen) atoms. The molecule has 1 heterocycles. The van der Waals surface area contributed by atoms with E-state index in [4.69, 9.17) is 5.73 Å². The average Bonchev–Trinajstić information content (AvgIpc) is 2.91. The summed E-state index contributed by atoms with van der Waals surface area (Å²) in [4.78, 5) is 14.7. The molecule has 1 aliphatic carbocycles. The number of aromatic nitrogens is 1. The summed E-state index contributed by atoms with van der Waals surface area (Å²) in [5.74, 6) is -0.0583. The van der Waals surface area contributed by atoms with Crippen LogP contribution in [0.15, 0.2) is 42.5 Å². The van der Waals surface area contributed by atoms with Gasteiger partial charge in [-0.3, -0.25) is 4.79 Å². The molecule has 4 heteroatoms. The van der Waals surface area contributed by atoms with E-state index >= 15 is 0 Å². The van der Waals surface area contributed by atoms with Crippen molar-refractivity contribution in [1.82, 2.24) is 4.98 Å². The van der Waals surface area contributed by atoms with Crippen molar-refractivity contribution in [1.29, 1.82) is 0 Å². The SMILES string of the molecule is CC(=O)Nc1ccc(-c2[nH]c3cccc4c3c2CCC4N)cc1. The van der Waals surface area contributed by atoms with Crippen LogP contribution in [0.5, 0.6) is 0 Å². The second-order valence-electron chi connectivity index (χ2n) is 6.15. The first-order chi connectivity index (χ1) is 11.1. The van der Waals surface area contributed by atoms with Crippen molar-refractivity contribution in [2.24, 2.45) is 5.73 Å². The second-order valence-corrected chi connectivity index (χ2v) is 6.15. The number of hydrogen-bond acceptors (Lipinski definition) is 2. The molecule has 4 N–H and O–H groups in total. The van der Waals surface area contributed by atoms with Crippen LogP contribution in [-0.4, -0.2) is 10.9 Å². The van der Waals surface area contributed by atoms with Crippen molar-refractivity contribution < 1.29 is 4.79 Å². The van der Waals surface area contributed by atoms with Gasteiger partial charge in [-0.1, -0.05) is 24.3 Å². The Morgan fingerprint density at radius 3 is 2.74 bits per heavy atom. The van der Waals surface area contributed by atoms with Crippen LogP contribution in [0.25, 0.3) is 22.2 Å². The van der Waals surface area contributed by atoms with Gasteiger partial charge in [-0.15, -0.1) is 0 Å². The first-order valence-corrected chi connectivity index (χ1v) is 7.90. The first-order valence-electron chi connectivity index (χ1n) is 7.90. The molecule has 0 saturated heterocycles. The largest absolute Gasteiger partial charge is 0.354 e. The lowest BCUT2D eigenvalue weighted by molar-refractivity contribution is -0.114. The summed E-state index contributed by atoms with van der Waals surface area (Å²) >= 11 is 0. The number of carbonyl (C=O) groups is 1. The van der Waals surface area contributed by atoms with Gasteiger partial charge in [-0.2, -0.15) is 0 Å². The lowest BCUT2D eigenvalue weighted by atomic mass is 9.87. The fourth-order valence-electron chi connectivity index (χ4n) is 3.53. The number of benzene rings is 2. The van der Waals surface area contributed by atoms with E-state index in [1.807, 2.05) is 24.3 Å². The Hall–Kier alpha value is -2.59. The number of amides is 1. The molecule has 0 fully saturated rings. The van der Waals surface area contributed by atoms with E-state index in [-0.39, 0.29) is 11.9 Å². The maximum absolute atomic E-state index is 11.1. The number of anilines is 1. The van der Waals surface area contributed by atoms with Gasteiger partial charge in [0.05, 0.1) is 0 Å². The van der Waals surface area contributed by atoms with Crippen LogP contribution in [0.1, 0.15) is 30.5 Å². The standard InChI is InChI=1S/C19H19N3O/c1-11(23)21-13-7-5-12(6-8-13)19-15-9-10-16(20)14-3-2-4-17(22-19)18(14)15/h2-8,16,22H,9-10,20H2,1H3,(H,21,23). The van der Waals surface area contributed by atoms with Crippen LogP contribution >= 0.6 is 0 Å². The predicted molar refractivity (Wildman–Crippen MR) is 93.3 cm³/mol. The molecule has 3 aromatic rings. The summed E-state index contributed by atoms with van der Waals surface area (Å²) in [5.41, 5.74) is 13.1. The van der Waals surface area contributed by atoms with E-state index in [1.165, 1.54) is 23.4 Å². The Bertz CT molecular complexity index is 893. The van der Waals surface area contributed by atoms with Gasteiger partial charge in [0.1, 0.15) is 0 Å². The van der Waals surface area contributed by atoms with E-state index in [9.17, 15) is 4.79 Å². The Morgan fingerprint density at radius 1 is 1.22 bits per heavy atom. The number of aryl methyl sites for hydroxylation is 1. The predicted octanol–water partition coefficient (Wildman–Crippen LogP) is 3.74. The van der Waals surface area contributed by atoms with Crippen molar-refractivity contribution >= 4 is 22.5 Å². The third-order valence-electron chi connectivity index (χ3n) is 4.56. The molecule has 1 aliphatic rings. The fraction of sp³-hybridized carbons (Fsp3) is 0.211. The van der Waals surface area contributed by atoms with Crippen molar-refractivity contribution in [3.05, 3.63) is 53.6 Å². The summed E-state index contributed by atoms with van der Waals surface area (Å²) in [6.45, 7) is 1.51. The van der Waals surface area contributed by atoms with E-state index < -0.39 is 0 Å². The highest BCUT2D eigenvalue weighted by Crippen LogP contribution is 2.39. The zero-order valence-corrected chi connectivity index (χ0v) is 13.0. The fourth-order valence-corrected chi connectivity index (χ4v) is 3.53. The Labute approximate surface area is 134 Å². The van der Waals surface area contributed by atoms with Crippen molar-refractivity contribution in [3.8, 4) is 11.3 Å². The van der Waals surface area contributed by atoms with Gasteiger partial charge < -0.3 is 16.0 Å². The molecule has 4 nitrogen and oxygen atoms in total. The van der Waals surface area contributed by atoms with Gasteiger partial charge in [0, 0.05) is 35.2 Å². The van der Waals surface area contributed by atoms with Crippen LogP contribution < -0.4 is 11.1 Å². The van der Waals surface area contributed by atoms with E-state index in [0.717, 1.165) is 35.3 Å². The van der Waals surface area contributed by atoms with Crippen LogP contribution in [0, 0.1) is 0 Å². The zero-order chi connectivity index (χ0) is 16.0. The molecule has 0 spiro atoms. The molecule has 1 atom stereocenters. The second kappa shape index (κ2) is 5.25. The Kier molecular flexibility index (Phi) is 3.20. The quantitative estimate of drug-likeness (QED) is 0.675. The average molecular weight is 305 g/mol.